The van der Waals surface area contributed by atoms with Crippen LogP contribution in [0.15, 0.2) is 18.2 Å². The van der Waals surface area contributed by atoms with Crippen molar-refractivity contribution in [1.82, 2.24) is 5.09 Å². The summed E-state index contributed by atoms with van der Waals surface area (Å²) in [6, 6.07) is 3.90. The Morgan fingerprint density at radius 1 is 1.55 bits per heavy atom. The zero-order chi connectivity index (χ0) is 15.1. The molecule has 0 saturated carbocycles. The van der Waals surface area contributed by atoms with E-state index in [0.717, 1.165) is 0 Å². The average molecular weight is 321 g/mol. The molecule has 0 aliphatic rings. The van der Waals surface area contributed by atoms with Crippen molar-refractivity contribution >= 4 is 32.2 Å². The van der Waals surface area contributed by atoms with Crippen LogP contribution in [0.4, 0.5) is 5.69 Å². The maximum absolute atomic E-state index is 11.2. The molecule has 0 aromatic heterocycles. The number of nitro benzene ring substituents is 1. The lowest BCUT2D eigenvalue weighted by molar-refractivity contribution is -0.384. The number of halogens is 1. The fourth-order valence-electron chi connectivity index (χ4n) is 1.19. The summed E-state index contributed by atoms with van der Waals surface area (Å²) in [5, 5.41) is 13.4. The predicted octanol–water partition coefficient (Wildman–Crippen LogP) is 2.68. The van der Waals surface area contributed by atoms with Gasteiger partial charge in [0.05, 0.1) is 22.6 Å². The van der Waals surface area contributed by atoms with Crippen LogP contribution in [0, 0.1) is 10.1 Å². The topological polar surface area (TPSA) is 90.7 Å². The fraction of sp³-hybridized carbons (Fsp3) is 0.364. The summed E-state index contributed by atoms with van der Waals surface area (Å²) >= 11 is 5.84. The first-order valence-electron chi connectivity index (χ1n) is 5.68. The Balaban J connectivity index is 2.39. The summed E-state index contributed by atoms with van der Waals surface area (Å²) in [4.78, 5) is 21.2. The minimum absolute atomic E-state index is 0.0151. The second-order valence-electron chi connectivity index (χ2n) is 3.97. The highest BCUT2D eigenvalue weighted by Crippen LogP contribution is 2.31. The number of esters is 1. The molecule has 0 bridgehead atoms. The predicted molar refractivity (Wildman–Crippen MR) is 76.3 cm³/mol. The molecule has 0 fully saturated rings. The van der Waals surface area contributed by atoms with Gasteiger partial charge in [-0.25, -0.2) is 0 Å². The summed E-state index contributed by atoms with van der Waals surface area (Å²) in [7, 11) is -0.218. The highest BCUT2D eigenvalue weighted by molar-refractivity contribution is 7.30. The average Bonchev–Trinajstić information content (AvgIpc) is 2.35. The van der Waals surface area contributed by atoms with Crippen molar-refractivity contribution in [3.8, 4) is 5.75 Å². The molecule has 0 amide bonds. The van der Waals surface area contributed by atoms with E-state index in [1.165, 1.54) is 18.2 Å². The van der Waals surface area contributed by atoms with Gasteiger partial charge in [0.2, 0.25) is 0 Å². The van der Waals surface area contributed by atoms with E-state index in [1.807, 2.05) is 0 Å². The Bertz CT molecular complexity index is 498. The summed E-state index contributed by atoms with van der Waals surface area (Å²) in [6.45, 7) is 3.53. The van der Waals surface area contributed by atoms with Gasteiger partial charge in [-0.3, -0.25) is 20.0 Å². The molecule has 7 nitrogen and oxygen atoms in total. The molecule has 0 saturated heterocycles. The van der Waals surface area contributed by atoms with E-state index in [0.29, 0.717) is 5.75 Å². The number of hydrogen-bond acceptors (Lipinski definition) is 6. The van der Waals surface area contributed by atoms with Crippen LogP contribution >= 0.6 is 20.6 Å². The van der Waals surface area contributed by atoms with Crippen LogP contribution < -0.4 is 9.61 Å². The summed E-state index contributed by atoms with van der Waals surface area (Å²) in [6.07, 6.45) is -0.169. The molecule has 1 aromatic rings. The molecule has 0 heterocycles. The lowest BCUT2D eigenvalue weighted by atomic mass is 10.3. The van der Waals surface area contributed by atoms with Crippen LogP contribution in [0.1, 0.15) is 13.8 Å². The maximum atomic E-state index is 11.2. The third-order valence-corrected chi connectivity index (χ3v) is 2.90. The second-order valence-corrected chi connectivity index (χ2v) is 5.14. The number of benzene rings is 1. The zero-order valence-electron chi connectivity index (χ0n) is 10.9. The molecule has 110 valence electrons. The SMILES string of the molecule is CC(C)OC(=O)CNPOc1ccc([N+](=O)[O-])cc1Cl. The van der Waals surface area contributed by atoms with Crippen LogP contribution in [0.3, 0.4) is 0 Å². The molecule has 20 heavy (non-hydrogen) atoms. The van der Waals surface area contributed by atoms with Gasteiger partial charge in [0.25, 0.3) is 5.69 Å². The third-order valence-electron chi connectivity index (χ3n) is 1.96. The van der Waals surface area contributed by atoms with Gasteiger partial charge >= 0.3 is 5.97 Å². The van der Waals surface area contributed by atoms with Crippen molar-refractivity contribution in [2.75, 3.05) is 6.54 Å². The summed E-state index contributed by atoms with van der Waals surface area (Å²) in [5.41, 5.74) is -0.112. The van der Waals surface area contributed by atoms with Crippen molar-refractivity contribution in [3.63, 3.8) is 0 Å². The van der Waals surface area contributed by atoms with Gasteiger partial charge in [-0.15, -0.1) is 0 Å². The Hall–Kier alpha value is -1.43. The van der Waals surface area contributed by atoms with Gasteiger partial charge in [-0.2, -0.15) is 0 Å². The van der Waals surface area contributed by atoms with E-state index in [9.17, 15) is 14.9 Å². The lowest BCUT2D eigenvalue weighted by Crippen LogP contribution is -2.22. The Morgan fingerprint density at radius 3 is 2.80 bits per heavy atom. The zero-order valence-corrected chi connectivity index (χ0v) is 12.6. The van der Waals surface area contributed by atoms with Crippen LogP contribution in [0.2, 0.25) is 5.02 Å². The molecule has 0 aliphatic heterocycles. The maximum Gasteiger partial charge on any atom is 0.320 e. The third kappa shape index (κ3) is 5.69. The molecular formula is C11H14ClN2O5P. The number of non-ortho nitro benzene ring substituents is 1. The number of nitrogens with one attached hydrogen (secondary N) is 1. The van der Waals surface area contributed by atoms with Gasteiger partial charge < -0.3 is 9.26 Å². The first-order valence-corrected chi connectivity index (χ1v) is 6.97. The molecule has 1 atom stereocenters. The van der Waals surface area contributed by atoms with Gasteiger partial charge in [0.15, 0.2) is 0 Å². The molecule has 1 unspecified atom stereocenters. The fourth-order valence-corrected chi connectivity index (χ4v) is 2.04. The van der Waals surface area contributed by atoms with Crippen molar-refractivity contribution in [2.45, 2.75) is 20.0 Å². The molecule has 0 aliphatic carbocycles. The number of hydrogen-bond donors (Lipinski definition) is 1. The van der Waals surface area contributed by atoms with Crippen LogP contribution in [-0.4, -0.2) is 23.5 Å². The van der Waals surface area contributed by atoms with E-state index in [2.05, 4.69) is 5.09 Å². The number of carbonyl (C=O) groups excluding carboxylic acids is 1. The molecule has 0 spiro atoms. The molecule has 9 heteroatoms. The Kier molecular flexibility index (Phi) is 6.64. The lowest BCUT2D eigenvalue weighted by Gasteiger charge is -2.10. The number of nitrogens with zero attached hydrogens (tertiary/aromatic N) is 1. The van der Waals surface area contributed by atoms with E-state index >= 15 is 0 Å². The molecular weight excluding hydrogens is 307 g/mol. The van der Waals surface area contributed by atoms with Crippen molar-refractivity contribution in [3.05, 3.63) is 33.3 Å². The van der Waals surface area contributed by atoms with Crippen molar-refractivity contribution in [1.29, 1.82) is 0 Å². The number of nitro groups is 1. The minimum Gasteiger partial charge on any atom is -0.462 e. The van der Waals surface area contributed by atoms with Gasteiger partial charge in [-0.05, 0) is 19.9 Å². The van der Waals surface area contributed by atoms with Crippen LogP contribution in [-0.2, 0) is 9.53 Å². The molecule has 1 N–H and O–H groups in total. The normalized spacial score (nSPS) is 11.0. The highest BCUT2D eigenvalue weighted by atomic mass is 35.5. The monoisotopic (exact) mass is 320 g/mol. The van der Waals surface area contributed by atoms with Gasteiger partial charge in [0, 0.05) is 12.1 Å². The van der Waals surface area contributed by atoms with Gasteiger partial charge in [0.1, 0.15) is 14.7 Å². The first kappa shape index (κ1) is 16.6. The van der Waals surface area contributed by atoms with E-state index < -0.39 is 4.92 Å². The van der Waals surface area contributed by atoms with Gasteiger partial charge in [-0.1, -0.05) is 11.6 Å². The second kappa shape index (κ2) is 7.99. The molecule has 1 aromatic carbocycles. The van der Waals surface area contributed by atoms with Crippen LogP contribution in [0.25, 0.3) is 0 Å². The number of carbonyl (C=O) groups is 1. The van der Waals surface area contributed by atoms with E-state index in [-0.39, 0.29) is 38.3 Å². The smallest absolute Gasteiger partial charge is 0.320 e. The van der Waals surface area contributed by atoms with Crippen molar-refractivity contribution in [2.24, 2.45) is 0 Å². The van der Waals surface area contributed by atoms with Crippen LogP contribution in [0.5, 0.6) is 5.75 Å². The first-order chi connectivity index (χ1) is 9.40. The number of ether oxygens (including phenoxy) is 1. The van der Waals surface area contributed by atoms with E-state index in [1.54, 1.807) is 13.8 Å². The Morgan fingerprint density at radius 2 is 2.25 bits per heavy atom. The standard InChI is InChI=1S/C11H14ClN2O5P/c1-7(2)18-11(15)6-13-20-19-10-4-3-8(14(16)17)5-9(10)12/h3-5,7,13,20H,6H2,1-2H3. The van der Waals surface area contributed by atoms with Crippen molar-refractivity contribution < 1.29 is 19.0 Å². The minimum atomic E-state index is -0.544. The largest absolute Gasteiger partial charge is 0.462 e. The number of rotatable bonds is 7. The Labute approximate surface area is 122 Å². The molecule has 1 rings (SSSR count). The molecule has 0 radical (unpaired) electrons. The summed E-state index contributed by atoms with van der Waals surface area (Å²) in [5.74, 6) is -0.0776. The quantitative estimate of drug-likeness (QED) is 0.273. The highest BCUT2D eigenvalue weighted by Gasteiger charge is 2.10. The summed E-state index contributed by atoms with van der Waals surface area (Å²) < 4.78 is 10.2. The van der Waals surface area contributed by atoms with E-state index in [4.69, 9.17) is 20.9 Å².